The molecule has 1 aromatic heterocycles. The Hall–Kier alpha value is -3.83. The van der Waals surface area contributed by atoms with Crippen LogP contribution in [-0.2, 0) is 16.0 Å². The monoisotopic (exact) mass is 538 g/mol. The zero-order valence-corrected chi connectivity index (χ0v) is 23.1. The van der Waals surface area contributed by atoms with Crippen molar-refractivity contribution >= 4 is 5.91 Å². The fourth-order valence-corrected chi connectivity index (χ4v) is 3.74. The first-order chi connectivity index (χ1) is 18.3. The molecule has 2 aromatic carbocycles. The molecule has 11 nitrogen and oxygen atoms in total. The van der Waals surface area contributed by atoms with Crippen LogP contribution in [0.25, 0.3) is 11.4 Å². The first kappa shape index (κ1) is 29.7. The highest BCUT2D eigenvalue weighted by Gasteiger charge is 2.24. The predicted molar refractivity (Wildman–Crippen MR) is 146 cm³/mol. The highest BCUT2D eigenvalue weighted by molar-refractivity contribution is 5.81. The van der Waals surface area contributed by atoms with Gasteiger partial charge in [0, 0.05) is 18.5 Å². The lowest BCUT2D eigenvalue weighted by molar-refractivity contribution is -0.122. The summed E-state index contributed by atoms with van der Waals surface area (Å²) < 4.78 is 12.3. The fraction of sp³-hybridized carbons (Fsp3) is 0.464. The summed E-state index contributed by atoms with van der Waals surface area (Å²) in [6.07, 6.45) is 1.49. The number of aromatic hydroxyl groups is 2. The van der Waals surface area contributed by atoms with E-state index >= 15 is 0 Å². The van der Waals surface area contributed by atoms with Crippen molar-refractivity contribution in [2.45, 2.75) is 71.1 Å². The lowest BCUT2D eigenvalue weighted by Crippen LogP contribution is -2.43. The number of rotatable bonds is 13. The maximum absolute atomic E-state index is 12.4. The number of ether oxygens (including phenoxy) is 2. The normalized spacial score (nSPS) is 12.7. The van der Waals surface area contributed by atoms with Crippen molar-refractivity contribution in [2.75, 3.05) is 13.2 Å². The van der Waals surface area contributed by atoms with Crippen LogP contribution in [0.4, 0.5) is 0 Å². The largest absolute Gasteiger partial charge is 0.504 e. The molecular weight excluding hydrogens is 500 g/mol. The smallest absolute Gasteiger partial charge is 0.237 e. The van der Waals surface area contributed by atoms with E-state index in [1.54, 1.807) is 13.0 Å². The predicted octanol–water partition coefficient (Wildman–Crippen LogP) is 3.07. The van der Waals surface area contributed by atoms with Gasteiger partial charge in [0.2, 0.25) is 11.7 Å². The van der Waals surface area contributed by atoms with Crippen molar-refractivity contribution < 1.29 is 24.5 Å². The maximum atomic E-state index is 12.4. The molecule has 11 heteroatoms. The number of phenolic OH excluding ortho intramolecular Hbond substituents is 2. The standard InChI is InChI=1S/C28H38N6O5/c1-18-31-33-25(34-32-18)20-7-9-21(10-8-20)39-28(4,5)13-15-38-27(2,3)12-14-30-26(37)22(29)16-19-6-11-23(35)24(36)17-19/h6-11,17,22,35-36H,12-16,29H2,1-5H3,(H,30,37). The third-order valence-corrected chi connectivity index (χ3v) is 6.14. The summed E-state index contributed by atoms with van der Waals surface area (Å²) in [6, 6.07) is 11.1. The van der Waals surface area contributed by atoms with Gasteiger partial charge in [-0.15, -0.1) is 20.4 Å². The van der Waals surface area contributed by atoms with Gasteiger partial charge in [0.25, 0.3) is 0 Å². The van der Waals surface area contributed by atoms with Gasteiger partial charge in [-0.3, -0.25) is 4.79 Å². The second-order valence-corrected chi connectivity index (χ2v) is 10.7. The third kappa shape index (κ3) is 9.45. The number of benzene rings is 2. The number of hydrogen-bond donors (Lipinski definition) is 4. The molecule has 0 fully saturated rings. The highest BCUT2D eigenvalue weighted by Crippen LogP contribution is 2.26. The van der Waals surface area contributed by atoms with Crippen LogP contribution in [0.5, 0.6) is 17.2 Å². The number of hydrogen-bond acceptors (Lipinski definition) is 10. The summed E-state index contributed by atoms with van der Waals surface area (Å²) in [7, 11) is 0. The Morgan fingerprint density at radius 2 is 1.62 bits per heavy atom. The molecule has 0 saturated heterocycles. The number of aromatic nitrogens is 4. The van der Waals surface area contributed by atoms with E-state index in [-0.39, 0.29) is 23.8 Å². The first-order valence-corrected chi connectivity index (χ1v) is 12.9. The van der Waals surface area contributed by atoms with Gasteiger partial charge >= 0.3 is 0 Å². The van der Waals surface area contributed by atoms with Gasteiger partial charge in [-0.05, 0) is 89.4 Å². The van der Waals surface area contributed by atoms with Crippen LogP contribution in [0.3, 0.4) is 0 Å². The van der Waals surface area contributed by atoms with Crippen LogP contribution in [0.1, 0.15) is 51.9 Å². The number of nitrogens with one attached hydrogen (secondary N) is 1. The topological polar surface area (TPSA) is 166 Å². The molecule has 1 unspecified atom stereocenters. The molecule has 0 radical (unpaired) electrons. The van der Waals surface area contributed by atoms with Gasteiger partial charge in [-0.25, -0.2) is 0 Å². The minimum atomic E-state index is -0.775. The molecule has 1 atom stereocenters. The molecule has 0 bridgehead atoms. The van der Waals surface area contributed by atoms with Crippen LogP contribution in [0.15, 0.2) is 42.5 Å². The maximum Gasteiger partial charge on any atom is 0.237 e. The van der Waals surface area contributed by atoms with Crippen molar-refractivity contribution in [3.8, 4) is 28.6 Å². The molecular formula is C28H38N6O5. The Bertz CT molecular complexity index is 1230. The zero-order chi connectivity index (χ0) is 28.6. The molecule has 210 valence electrons. The SMILES string of the molecule is Cc1nnc(-c2ccc(OC(C)(C)CCOC(C)(C)CCNC(=O)C(N)Cc3ccc(O)c(O)c3)cc2)nn1. The summed E-state index contributed by atoms with van der Waals surface area (Å²) in [5.74, 6) is 0.947. The second-order valence-electron chi connectivity index (χ2n) is 10.7. The van der Waals surface area contributed by atoms with Crippen LogP contribution in [0, 0.1) is 6.92 Å². The number of nitrogens with two attached hydrogens (primary N) is 1. The lowest BCUT2D eigenvalue weighted by Gasteiger charge is -2.30. The third-order valence-electron chi connectivity index (χ3n) is 6.14. The van der Waals surface area contributed by atoms with Gasteiger partial charge in [0.15, 0.2) is 17.3 Å². The van der Waals surface area contributed by atoms with Gasteiger partial charge in [-0.1, -0.05) is 6.07 Å². The van der Waals surface area contributed by atoms with Gasteiger partial charge in [0.1, 0.15) is 11.4 Å². The highest BCUT2D eigenvalue weighted by atomic mass is 16.5. The Morgan fingerprint density at radius 1 is 0.949 bits per heavy atom. The van der Waals surface area contributed by atoms with E-state index in [4.69, 9.17) is 15.2 Å². The minimum Gasteiger partial charge on any atom is -0.504 e. The molecule has 3 rings (SSSR count). The number of carbonyl (C=O) groups is 1. The van der Waals surface area contributed by atoms with E-state index in [0.717, 1.165) is 11.3 Å². The van der Waals surface area contributed by atoms with Crippen LogP contribution >= 0.6 is 0 Å². The van der Waals surface area contributed by atoms with Gasteiger partial charge in [0.05, 0.1) is 18.2 Å². The number of nitrogens with zero attached hydrogens (tertiary/aromatic N) is 4. The van der Waals surface area contributed by atoms with E-state index in [0.29, 0.717) is 43.2 Å². The molecule has 0 aliphatic heterocycles. The van der Waals surface area contributed by atoms with E-state index < -0.39 is 17.2 Å². The molecule has 0 aliphatic carbocycles. The summed E-state index contributed by atoms with van der Waals surface area (Å²) in [4.78, 5) is 12.4. The molecule has 0 spiro atoms. The Balaban J connectivity index is 1.39. The zero-order valence-electron chi connectivity index (χ0n) is 23.1. The van der Waals surface area contributed by atoms with Crippen molar-refractivity contribution in [1.29, 1.82) is 0 Å². The number of amides is 1. The molecule has 5 N–H and O–H groups in total. The summed E-state index contributed by atoms with van der Waals surface area (Å²) >= 11 is 0. The summed E-state index contributed by atoms with van der Waals surface area (Å²) in [5, 5.41) is 37.9. The number of phenols is 2. The Kier molecular flexibility index (Phi) is 9.76. The van der Waals surface area contributed by atoms with Crippen LogP contribution < -0.4 is 15.8 Å². The average Bonchev–Trinajstić information content (AvgIpc) is 2.86. The quantitative estimate of drug-likeness (QED) is 0.238. The Labute approximate surface area is 228 Å². The van der Waals surface area contributed by atoms with Crippen molar-refractivity contribution in [3.05, 3.63) is 53.9 Å². The summed E-state index contributed by atoms with van der Waals surface area (Å²) in [6.45, 7) is 10.6. The van der Waals surface area contributed by atoms with Crippen LogP contribution in [-0.4, -0.2) is 66.9 Å². The van der Waals surface area contributed by atoms with E-state index in [1.807, 2.05) is 52.0 Å². The van der Waals surface area contributed by atoms with E-state index in [2.05, 4.69) is 25.7 Å². The van der Waals surface area contributed by atoms with Crippen LogP contribution in [0.2, 0.25) is 0 Å². The number of aryl methyl sites for hydroxylation is 1. The minimum absolute atomic E-state index is 0.215. The van der Waals surface area contributed by atoms with Crippen molar-refractivity contribution in [2.24, 2.45) is 5.73 Å². The molecule has 0 saturated carbocycles. The fourth-order valence-electron chi connectivity index (χ4n) is 3.74. The molecule has 1 amide bonds. The van der Waals surface area contributed by atoms with Gasteiger partial charge < -0.3 is 30.7 Å². The first-order valence-electron chi connectivity index (χ1n) is 12.9. The average molecular weight is 539 g/mol. The molecule has 0 aliphatic rings. The van der Waals surface area contributed by atoms with Crippen molar-refractivity contribution in [1.82, 2.24) is 25.7 Å². The second kappa shape index (κ2) is 12.8. The molecule has 39 heavy (non-hydrogen) atoms. The summed E-state index contributed by atoms with van der Waals surface area (Å²) in [5.41, 5.74) is 6.54. The van der Waals surface area contributed by atoms with E-state index in [1.165, 1.54) is 12.1 Å². The van der Waals surface area contributed by atoms with E-state index in [9.17, 15) is 15.0 Å². The lowest BCUT2D eigenvalue weighted by atomic mass is 10.0. The van der Waals surface area contributed by atoms with Gasteiger partial charge in [-0.2, -0.15) is 0 Å². The molecule has 3 aromatic rings. The molecule has 1 heterocycles. The number of carbonyl (C=O) groups excluding carboxylic acids is 1. The Morgan fingerprint density at radius 3 is 2.26 bits per heavy atom. The van der Waals surface area contributed by atoms with Crippen molar-refractivity contribution in [3.63, 3.8) is 0 Å².